The Hall–Kier alpha value is -1.41. The normalized spacial score (nSPS) is 11.2. The first-order valence-corrected chi connectivity index (χ1v) is 7.84. The molecule has 1 heterocycles. The molecule has 0 unspecified atom stereocenters. The van der Waals surface area contributed by atoms with Crippen LogP contribution in [-0.2, 0) is 12.8 Å². The van der Waals surface area contributed by atoms with Crippen LogP contribution in [0.3, 0.4) is 0 Å². The summed E-state index contributed by atoms with van der Waals surface area (Å²) < 4.78 is 0. The van der Waals surface area contributed by atoms with Crippen LogP contribution in [-0.4, -0.2) is 11.5 Å². The average Bonchev–Trinajstić information content (AvgIpc) is 2.45. The van der Waals surface area contributed by atoms with E-state index in [2.05, 4.69) is 43.1 Å². The van der Waals surface area contributed by atoms with E-state index in [1.807, 2.05) is 0 Å². The largest absolute Gasteiger partial charge is 0.330 e. The van der Waals surface area contributed by atoms with E-state index in [-0.39, 0.29) is 0 Å². The Morgan fingerprint density at radius 1 is 1.05 bits per heavy atom. The number of nitrogens with zero attached hydrogens (tertiary/aromatic N) is 1. The molecule has 2 heteroatoms. The first-order valence-electron chi connectivity index (χ1n) is 7.84. The molecule has 0 saturated carbocycles. The fourth-order valence-corrected chi connectivity index (χ4v) is 2.69. The number of rotatable bonds is 7. The maximum absolute atomic E-state index is 5.60. The summed E-state index contributed by atoms with van der Waals surface area (Å²) in [7, 11) is 0. The topological polar surface area (TPSA) is 38.9 Å². The third-order valence-electron chi connectivity index (χ3n) is 3.81. The van der Waals surface area contributed by atoms with Crippen LogP contribution in [0.2, 0.25) is 0 Å². The number of aromatic nitrogens is 1. The van der Waals surface area contributed by atoms with E-state index in [4.69, 9.17) is 5.73 Å². The van der Waals surface area contributed by atoms with E-state index in [9.17, 15) is 0 Å². The van der Waals surface area contributed by atoms with Crippen molar-refractivity contribution in [2.75, 3.05) is 6.54 Å². The minimum atomic E-state index is 0.781. The molecule has 0 bridgehead atoms. The highest BCUT2D eigenvalue weighted by Crippen LogP contribution is 2.22. The van der Waals surface area contributed by atoms with Crippen molar-refractivity contribution in [2.45, 2.75) is 52.4 Å². The maximum Gasteiger partial charge on any atom is 0.0708 e. The van der Waals surface area contributed by atoms with Crippen molar-refractivity contribution < 1.29 is 0 Å². The summed E-state index contributed by atoms with van der Waals surface area (Å²) >= 11 is 0. The molecular weight excluding hydrogens is 244 g/mol. The van der Waals surface area contributed by atoms with Crippen LogP contribution < -0.4 is 5.73 Å². The number of benzene rings is 1. The molecule has 2 aromatic rings. The van der Waals surface area contributed by atoms with Crippen LogP contribution in [0, 0.1) is 6.92 Å². The van der Waals surface area contributed by atoms with Crippen LogP contribution in [0.4, 0.5) is 0 Å². The third kappa shape index (κ3) is 3.80. The molecule has 2 N–H and O–H groups in total. The van der Waals surface area contributed by atoms with Crippen molar-refractivity contribution in [3.05, 3.63) is 41.1 Å². The van der Waals surface area contributed by atoms with E-state index in [1.165, 1.54) is 35.8 Å². The predicted molar refractivity (Wildman–Crippen MR) is 87.1 cm³/mol. The fourth-order valence-electron chi connectivity index (χ4n) is 2.69. The summed E-state index contributed by atoms with van der Waals surface area (Å²) in [6.07, 6.45) is 7.03. The highest BCUT2D eigenvalue weighted by molar-refractivity contribution is 5.83. The molecule has 0 aliphatic heterocycles. The van der Waals surface area contributed by atoms with Crippen LogP contribution in [0.1, 0.15) is 49.4 Å². The van der Waals surface area contributed by atoms with Crippen molar-refractivity contribution in [2.24, 2.45) is 5.73 Å². The number of aryl methyl sites for hydroxylation is 3. The minimum Gasteiger partial charge on any atom is -0.330 e. The molecule has 20 heavy (non-hydrogen) atoms. The lowest BCUT2D eigenvalue weighted by molar-refractivity contribution is 0.746. The third-order valence-corrected chi connectivity index (χ3v) is 3.81. The Balaban J connectivity index is 2.31. The molecule has 0 aliphatic carbocycles. The number of unbranched alkanes of at least 4 members (excludes halogenated alkanes) is 2. The van der Waals surface area contributed by atoms with Gasteiger partial charge in [0.1, 0.15) is 0 Å². The lowest BCUT2D eigenvalue weighted by Crippen LogP contribution is -2.00. The lowest BCUT2D eigenvalue weighted by atomic mass is 9.99. The van der Waals surface area contributed by atoms with Crippen LogP contribution in [0.5, 0.6) is 0 Å². The van der Waals surface area contributed by atoms with Crippen molar-refractivity contribution in [1.29, 1.82) is 0 Å². The van der Waals surface area contributed by atoms with Gasteiger partial charge in [-0.05, 0) is 74.9 Å². The van der Waals surface area contributed by atoms with Gasteiger partial charge in [0.05, 0.1) is 5.52 Å². The van der Waals surface area contributed by atoms with E-state index in [1.54, 1.807) is 0 Å². The summed E-state index contributed by atoms with van der Waals surface area (Å²) in [5, 5.41) is 1.33. The van der Waals surface area contributed by atoms with Crippen LogP contribution >= 0.6 is 0 Å². The van der Waals surface area contributed by atoms with E-state index < -0.39 is 0 Å². The standard InChI is InChI=1S/C18H26N2/c1-3-4-7-15-9-10-18-17(13-15)16(8-5-6-11-19)12-14(2)20-18/h9-10,12-13H,3-8,11,19H2,1-2H3. The van der Waals surface area contributed by atoms with Gasteiger partial charge in [-0.25, -0.2) is 0 Å². The van der Waals surface area contributed by atoms with Gasteiger partial charge in [-0.1, -0.05) is 19.4 Å². The van der Waals surface area contributed by atoms with Gasteiger partial charge < -0.3 is 5.73 Å². The lowest BCUT2D eigenvalue weighted by Gasteiger charge is -2.10. The number of hydrogen-bond acceptors (Lipinski definition) is 2. The second kappa shape index (κ2) is 7.39. The Labute approximate surface area is 122 Å². The first-order chi connectivity index (χ1) is 9.74. The summed E-state index contributed by atoms with van der Waals surface area (Å²) in [5.41, 5.74) is 10.7. The molecule has 0 atom stereocenters. The fraction of sp³-hybridized carbons (Fsp3) is 0.500. The van der Waals surface area contributed by atoms with E-state index in [0.717, 1.165) is 37.0 Å². The molecular formula is C18H26N2. The predicted octanol–water partition coefficient (Wildman–Crippen LogP) is 4.17. The number of fused-ring (bicyclic) bond motifs is 1. The van der Waals surface area contributed by atoms with Crippen molar-refractivity contribution >= 4 is 10.9 Å². The highest BCUT2D eigenvalue weighted by Gasteiger charge is 2.05. The number of pyridine rings is 1. The zero-order valence-corrected chi connectivity index (χ0v) is 12.8. The molecule has 108 valence electrons. The quantitative estimate of drug-likeness (QED) is 0.767. The van der Waals surface area contributed by atoms with Crippen molar-refractivity contribution in [3.63, 3.8) is 0 Å². The second-order valence-electron chi connectivity index (χ2n) is 5.62. The molecule has 2 rings (SSSR count). The molecule has 1 aromatic heterocycles. The zero-order chi connectivity index (χ0) is 14.4. The summed E-state index contributed by atoms with van der Waals surface area (Å²) in [5.74, 6) is 0. The van der Waals surface area contributed by atoms with E-state index in [0.29, 0.717) is 0 Å². The average molecular weight is 270 g/mol. The summed E-state index contributed by atoms with van der Waals surface area (Å²) in [4.78, 5) is 4.66. The summed E-state index contributed by atoms with van der Waals surface area (Å²) in [6.45, 7) is 5.10. The van der Waals surface area contributed by atoms with E-state index >= 15 is 0 Å². The Bertz CT molecular complexity index is 561. The van der Waals surface area contributed by atoms with Crippen LogP contribution in [0.25, 0.3) is 10.9 Å². The van der Waals surface area contributed by atoms with Gasteiger partial charge in [0.2, 0.25) is 0 Å². The second-order valence-corrected chi connectivity index (χ2v) is 5.62. The molecule has 0 spiro atoms. The Morgan fingerprint density at radius 2 is 1.90 bits per heavy atom. The highest BCUT2D eigenvalue weighted by atomic mass is 14.7. The maximum atomic E-state index is 5.60. The van der Waals surface area contributed by atoms with Crippen LogP contribution in [0.15, 0.2) is 24.3 Å². The smallest absolute Gasteiger partial charge is 0.0708 e. The summed E-state index contributed by atoms with van der Waals surface area (Å²) in [6, 6.07) is 8.99. The monoisotopic (exact) mass is 270 g/mol. The van der Waals surface area contributed by atoms with Gasteiger partial charge in [-0.3, -0.25) is 4.98 Å². The number of hydrogen-bond donors (Lipinski definition) is 1. The first kappa shape index (κ1) is 15.0. The minimum absolute atomic E-state index is 0.781. The Morgan fingerprint density at radius 3 is 2.65 bits per heavy atom. The molecule has 2 nitrogen and oxygen atoms in total. The molecule has 0 amide bonds. The molecule has 0 saturated heterocycles. The van der Waals surface area contributed by atoms with Gasteiger partial charge in [0.15, 0.2) is 0 Å². The van der Waals surface area contributed by atoms with Crippen molar-refractivity contribution in [1.82, 2.24) is 4.98 Å². The van der Waals surface area contributed by atoms with Gasteiger partial charge in [-0.15, -0.1) is 0 Å². The van der Waals surface area contributed by atoms with Gasteiger partial charge in [0, 0.05) is 11.1 Å². The van der Waals surface area contributed by atoms with Gasteiger partial charge >= 0.3 is 0 Å². The van der Waals surface area contributed by atoms with Crippen molar-refractivity contribution in [3.8, 4) is 0 Å². The van der Waals surface area contributed by atoms with Gasteiger partial charge in [-0.2, -0.15) is 0 Å². The Kier molecular flexibility index (Phi) is 5.54. The molecule has 0 fully saturated rings. The zero-order valence-electron chi connectivity index (χ0n) is 12.8. The number of nitrogens with two attached hydrogens (primary N) is 1. The SMILES string of the molecule is CCCCc1ccc2nc(C)cc(CCCCN)c2c1. The van der Waals surface area contributed by atoms with Gasteiger partial charge in [0.25, 0.3) is 0 Å². The molecule has 1 aromatic carbocycles. The molecule has 0 aliphatic rings. The molecule has 0 radical (unpaired) electrons.